The number of benzene rings is 1. The highest BCUT2D eigenvalue weighted by atomic mass is 16.6. The molecule has 0 saturated carbocycles. The number of anilines is 2. The van der Waals surface area contributed by atoms with E-state index >= 15 is 0 Å². The van der Waals surface area contributed by atoms with E-state index < -0.39 is 5.60 Å². The predicted molar refractivity (Wildman–Crippen MR) is 103 cm³/mol. The van der Waals surface area contributed by atoms with Crippen LogP contribution in [-0.4, -0.2) is 53.2 Å². The van der Waals surface area contributed by atoms with Crippen LogP contribution in [0, 0.1) is 5.92 Å². The Balaban J connectivity index is 1.65. The van der Waals surface area contributed by atoms with Crippen LogP contribution in [0.2, 0.25) is 0 Å². The van der Waals surface area contributed by atoms with Gasteiger partial charge in [0.1, 0.15) is 5.60 Å². The van der Waals surface area contributed by atoms with Gasteiger partial charge >= 0.3 is 6.09 Å². The van der Waals surface area contributed by atoms with Gasteiger partial charge in [-0.3, -0.25) is 0 Å². The van der Waals surface area contributed by atoms with Gasteiger partial charge in [-0.25, -0.2) is 14.8 Å². The lowest BCUT2D eigenvalue weighted by Crippen LogP contribution is -2.36. The van der Waals surface area contributed by atoms with Crippen molar-refractivity contribution in [2.75, 3.05) is 37.3 Å². The van der Waals surface area contributed by atoms with Crippen molar-refractivity contribution in [2.45, 2.75) is 32.8 Å². The minimum absolute atomic E-state index is 0.243. The number of aromatic nitrogens is 2. The molecule has 1 aromatic carbocycles. The van der Waals surface area contributed by atoms with Gasteiger partial charge in [-0.15, -0.1) is 0 Å². The molecule has 0 aliphatic carbocycles. The number of carbonyl (C=O) groups is 1. The third kappa shape index (κ3) is 4.15. The number of hydrogen-bond acceptors (Lipinski definition) is 6. The average Bonchev–Trinajstić information content (AvgIpc) is 3.01. The molecule has 0 bridgehead atoms. The number of ether oxygens (including phenoxy) is 1. The molecule has 2 N–H and O–H groups in total. The minimum Gasteiger partial charge on any atom is -0.444 e. The Labute approximate surface area is 154 Å². The van der Waals surface area contributed by atoms with Crippen molar-refractivity contribution in [1.82, 2.24) is 14.9 Å². The van der Waals surface area contributed by atoms with Crippen molar-refractivity contribution in [1.29, 1.82) is 0 Å². The number of nitrogen functional groups attached to an aromatic ring is 1. The highest BCUT2D eigenvalue weighted by Crippen LogP contribution is 2.25. The van der Waals surface area contributed by atoms with Crippen LogP contribution < -0.4 is 10.6 Å². The van der Waals surface area contributed by atoms with Crippen molar-refractivity contribution in [3.63, 3.8) is 0 Å². The topological polar surface area (TPSA) is 84.6 Å². The molecule has 0 radical (unpaired) electrons. The first-order valence-electron chi connectivity index (χ1n) is 8.94. The zero-order valence-electron chi connectivity index (χ0n) is 15.9. The van der Waals surface area contributed by atoms with Crippen LogP contribution in [0.15, 0.2) is 24.3 Å². The SMILES string of the molecule is CN(CC1CCN(C(=O)OC(C)(C)C)C1)c1nc2ccccc2nc1N. The quantitative estimate of drug-likeness (QED) is 0.909. The van der Waals surface area contributed by atoms with Crippen molar-refractivity contribution in [3.05, 3.63) is 24.3 Å². The smallest absolute Gasteiger partial charge is 0.410 e. The molecule has 7 nitrogen and oxygen atoms in total. The van der Waals surface area contributed by atoms with Gasteiger partial charge in [0, 0.05) is 26.7 Å². The molecule has 2 heterocycles. The van der Waals surface area contributed by atoms with Crippen molar-refractivity contribution in [3.8, 4) is 0 Å². The molecule has 1 saturated heterocycles. The van der Waals surface area contributed by atoms with Gasteiger partial charge in [0.25, 0.3) is 0 Å². The summed E-state index contributed by atoms with van der Waals surface area (Å²) in [5.74, 6) is 1.45. The van der Waals surface area contributed by atoms with E-state index in [4.69, 9.17) is 10.5 Å². The zero-order chi connectivity index (χ0) is 18.9. The van der Waals surface area contributed by atoms with Crippen LogP contribution in [-0.2, 0) is 4.74 Å². The maximum absolute atomic E-state index is 12.2. The number of hydrogen-bond donors (Lipinski definition) is 1. The Morgan fingerprint density at radius 2 is 1.96 bits per heavy atom. The van der Waals surface area contributed by atoms with E-state index in [1.165, 1.54) is 0 Å². The van der Waals surface area contributed by atoms with E-state index in [1.807, 2.05) is 57.0 Å². The van der Waals surface area contributed by atoms with Gasteiger partial charge < -0.3 is 20.3 Å². The number of para-hydroxylation sites is 2. The molecule has 1 aliphatic heterocycles. The molecule has 1 atom stereocenters. The molecular formula is C19H27N5O2. The average molecular weight is 357 g/mol. The van der Waals surface area contributed by atoms with Crippen LogP contribution in [0.1, 0.15) is 27.2 Å². The molecule has 1 unspecified atom stereocenters. The van der Waals surface area contributed by atoms with Gasteiger partial charge in [0.05, 0.1) is 11.0 Å². The Morgan fingerprint density at radius 1 is 1.31 bits per heavy atom. The largest absolute Gasteiger partial charge is 0.444 e. The lowest BCUT2D eigenvalue weighted by molar-refractivity contribution is 0.0288. The molecule has 140 valence electrons. The third-order valence-corrected chi connectivity index (χ3v) is 4.41. The highest BCUT2D eigenvalue weighted by molar-refractivity contribution is 5.79. The molecule has 2 aromatic rings. The Kier molecular flexibility index (Phi) is 4.89. The van der Waals surface area contributed by atoms with Crippen LogP contribution in [0.3, 0.4) is 0 Å². The van der Waals surface area contributed by atoms with Crippen LogP contribution in [0.25, 0.3) is 11.0 Å². The Bertz CT molecular complexity index is 802. The van der Waals surface area contributed by atoms with Crippen molar-refractivity contribution >= 4 is 28.8 Å². The second-order valence-corrected chi connectivity index (χ2v) is 7.88. The van der Waals surface area contributed by atoms with Gasteiger partial charge in [0.15, 0.2) is 11.6 Å². The first-order chi connectivity index (χ1) is 12.2. The summed E-state index contributed by atoms with van der Waals surface area (Å²) >= 11 is 0. The minimum atomic E-state index is -0.471. The van der Waals surface area contributed by atoms with E-state index in [-0.39, 0.29) is 6.09 Å². The van der Waals surface area contributed by atoms with Crippen LogP contribution >= 0.6 is 0 Å². The number of nitrogens with two attached hydrogens (primary N) is 1. The lowest BCUT2D eigenvalue weighted by atomic mass is 10.1. The fourth-order valence-electron chi connectivity index (χ4n) is 3.23. The van der Waals surface area contributed by atoms with E-state index in [9.17, 15) is 4.79 Å². The first kappa shape index (κ1) is 18.2. The Hall–Kier alpha value is -2.57. The molecule has 1 aliphatic rings. The van der Waals surface area contributed by atoms with Crippen molar-refractivity contribution in [2.24, 2.45) is 5.92 Å². The summed E-state index contributed by atoms with van der Waals surface area (Å²) in [6.07, 6.45) is 0.692. The summed E-state index contributed by atoms with van der Waals surface area (Å²) in [5, 5.41) is 0. The van der Waals surface area contributed by atoms with E-state index in [2.05, 4.69) is 9.97 Å². The van der Waals surface area contributed by atoms with Crippen molar-refractivity contribution < 1.29 is 9.53 Å². The first-order valence-corrected chi connectivity index (χ1v) is 8.94. The molecule has 1 amide bonds. The summed E-state index contributed by atoms with van der Waals surface area (Å²) in [6, 6.07) is 7.69. The summed E-state index contributed by atoms with van der Waals surface area (Å²) < 4.78 is 5.46. The fourth-order valence-corrected chi connectivity index (χ4v) is 3.23. The normalized spacial score (nSPS) is 17.5. The number of likely N-dealkylation sites (tertiary alicyclic amines) is 1. The number of amides is 1. The molecule has 26 heavy (non-hydrogen) atoms. The summed E-state index contributed by atoms with van der Waals surface area (Å²) in [5.41, 5.74) is 7.25. The summed E-state index contributed by atoms with van der Waals surface area (Å²) in [6.45, 7) is 7.80. The molecule has 3 rings (SSSR count). The van der Waals surface area contributed by atoms with Gasteiger partial charge in [-0.2, -0.15) is 0 Å². The standard InChI is InChI=1S/C19H27N5O2/c1-19(2,3)26-18(25)24-10-9-13(12-24)11-23(4)17-16(20)21-14-7-5-6-8-15(14)22-17/h5-8,13H,9-12H2,1-4H3,(H2,20,21). The molecule has 1 fully saturated rings. The number of carbonyl (C=O) groups excluding carboxylic acids is 1. The second kappa shape index (κ2) is 6.97. The third-order valence-electron chi connectivity index (χ3n) is 4.41. The lowest BCUT2D eigenvalue weighted by Gasteiger charge is -2.25. The molecular weight excluding hydrogens is 330 g/mol. The second-order valence-electron chi connectivity index (χ2n) is 7.88. The number of rotatable bonds is 3. The van der Waals surface area contributed by atoms with E-state index in [1.54, 1.807) is 4.90 Å². The predicted octanol–water partition coefficient (Wildman–Crippen LogP) is 2.91. The highest BCUT2D eigenvalue weighted by Gasteiger charge is 2.30. The fraction of sp³-hybridized carbons (Fsp3) is 0.526. The summed E-state index contributed by atoms with van der Waals surface area (Å²) in [7, 11) is 1.96. The maximum atomic E-state index is 12.2. The maximum Gasteiger partial charge on any atom is 0.410 e. The van der Waals surface area contributed by atoms with Gasteiger partial charge in [-0.1, -0.05) is 12.1 Å². The van der Waals surface area contributed by atoms with Gasteiger partial charge in [-0.05, 0) is 45.2 Å². The number of fused-ring (bicyclic) bond motifs is 1. The van der Waals surface area contributed by atoms with Gasteiger partial charge in [0.2, 0.25) is 0 Å². The van der Waals surface area contributed by atoms with E-state index in [0.717, 1.165) is 24.0 Å². The molecule has 7 heteroatoms. The summed E-state index contributed by atoms with van der Waals surface area (Å²) in [4.78, 5) is 25.1. The number of nitrogens with zero attached hydrogens (tertiary/aromatic N) is 4. The molecule has 0 spiro atoms. The molecule has 1 aromatic heterocycles. The van der Waals surface area contributed by atoms with E-state index in [0.29, 0.717) is 30.6 Å². The van der Waals surface area contributed by atoms with Crippen LogP contribution in [0.5, 0.6) is 0 Å². The Morgan fingerprint density at radius 3 is 2.62 bits per heavy atom. The van der Waals surface area contributed by atoms with Crippen LogP contribution in [0.4, 0.5) is 16.4 Å². The monoisotopic (exact) mass is 357 g/mol. The zero-order valence-corrected chi connectivity index (χ0v) is 15.9.